The Balaban J connectivity index is 0.000000310. The molecule has 0 amide bonds. The van der Waals surface area contributed by atoms with Gasteiger partial charge in [0, 0.05) is 42.1 Å². The normalized spacial score (nSPS) is 11.6. The Labute approximate surface area is 438 Å². The number of anilines is 2. The molecule has 3 heteroatoms. The number of rotatable bonds is 10. The van der Waals surface area contributed by atoms with Crippen LogP contribution in [-0.4, -0.2) is 0 Å². The van der Waals surface area contributed by atoms with E-state index in [1.165, 1.54) is 104 Å². The molecule has 0 radical (unpaired) electrons. The fraction of sp³-hybridized carbons (Fsp3) is 0.0423. The van der Waals surface area contributed by atoms with E-state index in [1.807, 2.05) is 59.9 Å². The summed E-state index contributed by atoms with van der Waals surface area (Å²) in [5, 5.41) is 6.93. The molecule has 0 aliphatic carbocycles. The lowest BCUT2D eigenvalue weighted by atomic mass is 9.92. The molecule has 12 aromatic rings. The molecule has 0 aliphatic heterocycles. The number of allylic oxidation sites excluding steroid dienone is 5. The standard InChI is InChI=1S/C57H44S.C14H12N2/c1-4-7-14-40(6-3)43-23-27-46(28-24-43)51-36-53(49-33-31-45(32-34-49)42-17-12-9-13-18-42)57-55(38-51)54-37-50(47-29-25-44(26-30-47)41-15-10-8-11-16-41)35-52(56(54)58-57)48-21-19-39(5-2)20-22-48;15-13-11-7-3-1-5-9(11)10-6-2-4-8-12(10)14(13)16/h4,6-38H,1,5H2,2-3H3;1-8H,15-16H2/b14-7-,40-6+;. The molecule has 1 heterocycles. The highest BCUT2D eigenvalue weighted by Gasteiger charge is 2.19. The van der Waals surface area contributed by atoms with E-state index < -0.39 is 0 Å². The van der Waals surface area contributed by atoms with Crippen molar-refractivity contribution in [3.05, 3.63) is 273 Å². The number of nitrogen functional groups attached to an aromatic ring is 2. The summed E-state index contributed by atoms with van der Waals surface area (Å²) in [6.45, 7) is 8.17. The summed E-state index contributed by atoms with van der Waals surface area (Å²) in [7, 11) is 0. The van der Waals surface area contributed by atoms with Crippen LogP contribution in [0.2, 0.25) is 0 Å². The first-order chi connectivity index (χ1) is 36.4. The van der Waals surface area contributed by atoms with Gasteiger partial charge in [-0.05, 0) is 121 Å². The Bertz CT molecular complexity index is 3970. The Hall–Kier alpha value is -9.02. The number of benzene rings is 11. The third kappa shape index (κ3) is 9.34. The third-order valence-corrected chi connectivity index (χ3v) is 15.6. The van der Waals surface area contributed by atoms with Crippen molar-refractivity contribution in [2.75, 3.05) is 11.5 Å². The summed E-state index contributed by atoms with van der Waals surface area (Å²) in [6, 6.07) is 83.4. The van der Waals surface area contributed by atoms with Crippen molar-refractivity contribution in [3.8, 4) is 66.8 Å². The smallest absolute Gasteiger partial charge is 0.0634 e. The van der Waals surface area contributed by atoms with Crippen LogP contribution in [0.1, 0.15) is 25.0 Å². The Morgan fingerprint density at radius 1 is 0.405 bits per heavy atom. The zero-order chi connectivity index (χ0) is 50.5. The van der Waals surface area contributed by atoms with Gasteiger partial charge in [0.05, 0.1) is 11.4 Å². The van der Waals surface area contributed by atoms with E-state index in [0.717, 1.165) is 28.0 Å². The predicted octanol–water partition coefficient (Wildman–Crippen LogP) is 19.9. The summed E-state index contributed by atoms with van der Waals surface area (Å²) in [5.41, 5.74) is 31.9. The van der Waals surface area contributed by atoms with Gasteiger partial charge in [-0.1, -0.05) is 244 Å². The molecule has 356 valence electrons. The second kappa shape index (κ2) is 21.0. The predicted molar refractivity (Wildman–Crippen MR) is 325 cm³/mol. The Kier molecular flexibility index (Phi) is 13.4. The van der Waals surface area contributed by atoms with Crippen molar-refractivity contribution in [1.82, 2.24) is 0 Å². The summed E-state index contributed by atoms with van der Waals surface area (Å²) >= 11 is 1.92. The monoisotopic (exact) mass is 968 g/mol. The molecule has 2 nitrogen and oxygen atoms in total. The number of hydrogen-bond donors (Lipinski definition) is 2. The van der Waals surface area contributed by atoms with Crippen LogP contribution in [0.3, 0.4) is 0 Å². The molecule has 4 N–H and O–H groups in total. The summed E-state index contributed by atoms with van der Waals surface area (Å²) in [6.07, 6.45) is 9.10. The highest BCUT2D eigenvalue weighted by atomic mass is 32.1. The molecule has 0 fully saturated rings. The van der Waals surface area contributed by atoms with Crippen molar-refractivity contribution < 1.29 is 0 Å². The van der Waals surface area contributed by atoms with Crippen LogP contribution >= 0.6 is 11.3 Å². The number of hydrogen-bond acceptors (Lipinski definition) is 3. The van der Waals surface area contributed by atoms with Crippen LogP contribution in [0.25, 0.3) is 114 Å². The molecule has 0 saturated heterocycles. The van der Waals surface area contributed by atoms with Crippen LogP contribution < -0.4 is 11.5 Å². The van der Waals surface area contributed by atoms with E-state index in [2.05, 4.69) is 227 Å². The van der Waals surface area contributed by atoms with Crippen molar-refractivity contribution in [1.29, 1.82) is 0 Å². The first kappa shape index (κ1) is 47.3. The Morgan fingerprint density at radius 2 is 0.770 bits per heavy atom. The van der Waals surface area contributed by atoms with E-state index in [4.69, 9.17) is 11.5 Å². The molecule has 12 rings (SSSR count). The van der Waals surface area contributed by atoms with Gasteiger partial charge in [-0.2, -0.15) is 0 Å². The Morgan fingerprint density at radius 3 is 1.19 bits per heavy atom. The number of nitrogens with two attached hydrogens (primary N) is 2. The largest absolute Gasteiger partial charge is 0.397 e. The van der Waals surface area contributed by atoms with Crippen LogP contribution in [0.5, 0.6) is 0 Å². The van der Waals surface area contributed by atoms with Crippen molar-refractivity contribution in [2.45, 2.75) is 20.3 Å². The minimum atomic E-state index is 0.675. The molecular formula is C71H56N2S. The van der Waals surface area contributed by atoms with E-state index in [-0.39, 0.29) is 0 Å². The molecule has 0 spiro atoms. The number of aryl methyl sites for hydroxylation is 1. The van der Waals surface area contributed by atoms with Gasteiger partial charge in [0.2, 0.25) is 0 Å². The van der Waals surface area contributed by atoms with Crippen LogP contribution in [-0.2, 0) is 6.42 Å². The number of fused-ring (bicyclic) bond motifs is 6. The average Bonchev–Trinajstić information content (AvgIpc) is 3.86. The molecule has 0 atom stereocenters. The lowest BCUT2D eigenvalue weighted by molar-refractivity contribution is 1.14. The van der Waals surface area contributed by atoms with E-state index >= 15 is 0 Å². The zero-order valence-corrected chi connectivity index (χ0v) is 42.5. The minimum absolute atomic E-state index is 0.675. The second-order valence-electron chi connectivity index (χ2n) is 18.7. The second-order valence-corrected chi connectivity index (χ2v) is 19.7. The van der Waals surface area contributed by atoms with Crippen molar-refractivity contribution >= 4 is 70.0 Å². The molecule has 0 unspecified atom stereocenters. The van der Waals surface area contributed by atoms with Gasteiger partial charge in [0.25, 0.3) is 0 Å². The van der Waals surface area contributed by atoms with Gasteiger partial charge >= 0.3 is 0 Å². The molecule has 0 bridgehead atoms. The minimum Gasteiger partial charge on any atom is -0.397 e. The van der Waals surface area contributed by atoms with Crippen LogP contribution in [0.4, 0.5) is 11.4 Å². The molecule has 74 heavy (non-hydrogen) atoms. The van der Waals surface area contributed by atoms with Gasteiger partial charge in [-0.3, -0.25) is 0 Å². The van der Waals surface area contributed by atoms with Crippen LogP contribution in [0.15, 0.2) is 261 Å². The fourth-order valence-electron chi connectivity index (χ4n) is 10.2. The maximum atomic E-state index is 6.06. The van der Waals surface area contributed by atoms with Gasteiger partial charge in [0.15, 0.2) is 0 Å². The van der Waals surface area contributed by atoms with Gasteiger partial charge in [-0.15, -0.1) is 11.3 Å². The first-order valence-corrected chi connectivity index (χ1v) is 26.2. The van der Waals surface area contributed by atoms with E-state index in [1.54, 1.807) is 0 Å². The molecule has 11 aromatic carbocycles. The quantitative estimate of drug-likeness (QED) is 0.0621. The summed E-state index contributed by atoms with van der Waals surface area (Å²) < 4.78 is 2.61. The van der Waals surface area contributed by atoms with Crippen LogP contribution in [0, 0.1) is 0 Å². The maximum Gasteiger partial charge on any atom is 0.0634 e. The van der Waals surface area contributed by atoms with Crippen molar-refractivity contribution in [2.24, 2.45) is 0 Å². The topological polar surface area (TPSA) is 52.0 Å². The third-order valence-electron chi connectivity index (χ3n) is 14.3. The van der Waals surface area contributed by atoms with E-state index in [0.29, 0.717) is 11.4 Å². The van der Waals surface area contributed by atoms with E-state index in [9.17, 15) is 0 Å². The van der Waals surface area contributed by atoms with Gasteiger partial charge in [0.1, 0.15) is 0 Å². The number of thiophene rings is 1. The molecule has 1 aromatic heterocycles. The van der Waals surface area contributed by atoms with Crippen molar-refractivity contribution in [3.63, 3.8) is 0 Å². The SMILES string of the molecule is C=C/C=C\C(=C/C)c1ccc(-c2cc(-c3ccc(-c4ccccc4)cc3)c3sc4c(-c5ccc(CC)cc5)cc(-c5ccc(-c6ccccc6)cc5)cc4c3c2)cc1.Nc1c(N)c2ccccc2c2ccccc12. The lowest BCUT2D eigenvalue weighted by Crippen LogP contribution is -1.97. The molecule has 0 aliphatic rings. The maximum absolute atomic E-state index is 6.06. The first-order valence-electron chi connectivity index (χ1n) is 25.3. The fourth-order valence-corrected chi connectivity index (χ4v) is 11.5. The van der Waals surface area contributed by atoms with Gasteiger partial charge < -0.3 is 11.5 Å². The van der Waals surface area contributed by atoms with Gasteiger partial charge in [-0.25, -0.2) is 0 Å². The highest BCUT2D eigenvalue weighted by Crippen LogP contribution is 2.48. The molecule has 0 saturated carbocycles. The summed E-state index contributed by atoms with van der Waals surface area (Å²) in [5.74, 6) is 0. The summed E-state index contributed by atoms with van der Waals surface area (Å²) in [4.78, 5) is 0. The lowest BCUT2D eigenvalue weighted by Gasteiger charge is -2.12. The zero-order valence-electron chi connectivity index (χ0n) is 41.7. The molecular weight excluding hydrogens is 913 g/mol. The highest BCUT2D eigenvalue weighted by molar-refractivity contribution is 7.27. The average molecular weight is 969 g/mol.